The van der Waals surface area contributed by atoms with Crippen LogP contribution in [-0.4, -0.2) is 27.4 Å². The molecule has 0 spiro atoms. The fourth-order valence-corrected chi connectivity index (χ4v) is 3.89. The van der Waals surface area contributed by atoms with Gasteiger partial charge in [0.15, 0.2) is 0 Å². The lowest BCUT2D eigenvalue weighted by Crippen LogP contribution is -2.16. The largest absolute Gasteiger partial charge is 0.465 e. The Balaban J connectivity index is 1.83. The SMILES string of the molecule is COC(=O)c1cccc(NC(=O)c2cc(NS(=O)(=O)c3ccccc3)ccc2Cl)c1. The maximum absolute atomic E-state index is 12.7. The van der Waals surface area contributed by atoms with Crippen molar-refractivity contribution in [3.63, 3.8) is 0 Å². The van der Waals surface area contributed by atoms with Crippen LogP contribution in [0.5, 0.6) is 0 Å². The number of amides is 1. The summed E-state index contributed by atoms with van der Waals surface area (Å²) in [5.41, 5.74) is 0.866. The van der Waals surface area contributed by atoms with E-state index in [1.807, 2.05) is 0 Å². The number of nitrogens with one attached hydrogen (secondary N) is 2. The van der Waals surface area contributed by atoms with Gasteiger partial charge in [0.2, 0.25) is 0 Å². The van der Waals surface area contributed by atoms with Crippen LogP contribution in [0.3, 0.4) is 0 Å². The van der Waals surface area contributed by atoms with E-state index in [0.29, 0.717) is 5.69 Å². The number of rotatable bonds is 6. The van der Waals surface area contributed by atoms with Crippen molar-refractivity contribution in [1.82, 2.24) is 0 Å². The van der Waals surface area contributed by atoms with Gasteiger partial charge in [-0.2, -0.15) is 0 Å². The zero-order valence-corrected chi connectivity index (χ0v) is 17.3. The summed E-state index contributed by atoms with van der Waals surface area (Å²) in [6.07, 6.45) is 0. The predicted molar refractivity (Wildman–Crippen MR) is 114 cm³/mol. The molecule has 0 saturated carbocycles. The molecule has 0 heterocycles. The van der Waals surface area contributed by atoms with E-state index in [1.165, 1.54) is 43.5 Å². The number of anilines is 2. The van der Waals surface area contributed by atoms with Crippen LogP contribution in [0.15, 0.2) is 77.7 Å². The molecule has 0 atom stereocenters. The molecule has 0 saturated heterocycles. The molecule has 0 fully saturated rings. The average molecular weight is 445 g/mol. The molecule has 1 amide bonds. The monoisotopic (exact) mass is 444 g/mol. The number of esters is 1. The van der Waals surface area contributed by atoms with Crippen LogP contribution in [-0.2, 0) is 14.8 Å². The Kier molecular flexibility index (Phi) is 6.39. The molecular weight excluding hydrogens is 428 g/mol. The molecule has 0 aliphatic heterocycles. The van der Waals surface area contributed by atoms with E-state index in [4.69, 9.17) is 11.6 Å². The van der Waals surface area contributed by atoms with Crippen molar-refractivity contribution >= 4 is 44.9 Å². The zero-order valence-electron chi connectivity index (χ0n) is 15.8. The molecule has 9 heteroatoms. The lowest BCUT2D eigenvalue weighted by atomic mass is 10.1. The van der Waals surface area contributed by atoms with Gasteiger partial charge in [-0.25, -0.2) is 13.2 Å². The van der Waals surface area contributed by atoms with Gasteiger partial charge in [0.25, 0.3) is 15.9 Å². The van der Waals surface area contributed by atoms with Gasteiger partial charge in [-0.1, -0.05) is 35.9 Å². The van der Waals surface area contributed by atoms with E-state index in [9.17, 15) is 18.0 Å². The number of halogens is 1. The van der Waals surface area contributed by atoms with Crippen molar-refractivity contribution in [2.24, 2.45) is 0 Å². The maximum Gasteiger partial charge on any atom is 0.337 e. The first-order chi connectivity index (χ1) is 14.3. The molecule has 0 aromatic heterocycles. The van der Waals surface area contributed by atoms with Crippen LogP contribution in [0.2, 0.25) is 5.02 Å². The van der Waals surface area contributed by atoms with E-state index < -0.39 is 21.9 Å². The van der Waals surface area contributed by atoms with Crippen LogP contribution in [0.25, 0.3) is 0 Å². The maximum atomic E-state index is 12.7. The highest BCUT2D eigenvalue weighted by molar-refractivity contribution is 7.92. The Morgan fingerprint density at radius 3 is 2.33 bits per heavy atom. The lowest BCUT2D eigenvalue weighted by molar-refractivity contribution is 0.0600. The van der Waals surface area contributed by atoms with Crippen molar-refractivity contribution in [1.29, 1.82) is 0 Å². The second-order valence-electron chi connectivity index (χ2n) is 6.14. The van der Waals surface area contributed by atoms with E-state index in [2.05, 4.69) is 14.8 Å². The minimum atomic E-state index is -3.82. The second-order valence-corrected chi connectivity index (χ2v) is 8.23. The molecule has 2 N–H and O–H groups in total. The highest BCUT2D eigenvalue weighted by atomic mass is 35.5. The number of ether oxygens (including phenoxy) is 1. The molecule has 3 rings (SSSR count). The fraction of sp³-hybridized carbons (Fsp3) is 0.0476. The summed E-state index contributed by atoms with van der Waals surface area (Å²) in [7, 11) is -2.56. The number of benzene rings is 3. The molecule has 0 radical (unpaired) electrons. The third kappa shape index (κ3) is 4.97. The zero-order chi connectivity index (χ0) is 21.7. The van der Waals surface area contributed by atoms with Gasteiger partial charge in [0.1, 0.15) is 0 Å². The molecule has 0 bridgehead atoms. The first-order valence-electron chi connectivity index (χ1n) is 8.67. The van der Waals surface area contributed by atoms with Crippen LogP contribution >= 0.6 is 11.6 Å². The highest BCUT2D eigenvalue weighted by Gasteiger charge is 2.17. The van der Waals surface area contributed by atoms with Crippen LogP contribution in [0.4, 0.5) is 11.4 Å². The van der Waals surface area contributed by atoms with Gasteiger partial charge in [-0.15, -0.1) is 0 Å². The summed E-state index contributed by atoms with van der Waals surface area (Å²) in [4.78, 5) is 24.4. The number of hydrogen-bond acceptors (Lipinski definition) is 5. The third-order valence-electron chi connectivity index (χ3n) is 4.06. The first kappa shape index (κ1) is 21.4. The molecule has 3 aromatic rings. The van der Waals surface area contributed by atoms with Gasteiger partial charge >= 0.3 is 5.97 Å². The van der Waals surface area contributed by atoms with Crippen LogP contribution in [0, 0.1) is 0 Å². The predicted octanol–water partition coefficient (Wildman–Crippen LogP) is 4.18. The third-order valence-corrected chi connectivity index (χ3v) is 5.79. The summed E-state index contributed by atoms with van der Waals surface area (Å²) in [5, 5.41) is 2.77. The van der Waals surface area contributed by atoms with E-state index in [-0.39, 0.29) is 26.7 Å². The van der Waals surface area contributed by atoms with Crippen LogP contribution in [0.1, 0.15) is 20.7 Å². The topological polar surface area (TPSA) is 102 Å². The fourth-order valence-electron chi connectivity index (χ4n) is 2.62. The number of sulfonamides is 1. The summed E-state index contributed by atoms with van der Waals surface area (Å²) in [5.74, 6) is -1.11. The van der Waals surface area contributed by atoms with Gasteiger partial charge in [0, 0.05) is 11.4 Å². The Morgan fingerprint density at radius 2 is 1.63 bits per heavy atom. The van der Waals surface area contributed by atoms with Crippen molar-refractivity contribution < 1.29 is 22.7 Å². The van der Waals surface area contributed by atoms with Gasteiger partial charge in [-0.05, 0) is 48.5 Å². The van der Waals surface area contributed by atoms with Gasteiger partial charge in [-0.3, -0.25) is 9.52 Å². The highest BCUT2D eigenvalue weighted by Crippen LogP contribution is 2.24. The summed E-state index contributed by atoms with van der Waals surface area (Å²) >= 11 is 6.14. The molecule has 3 aromatic carbocycles. The van der Waals surface area contributed by atoms with Gasteiger partial charge in [0.05, 0.1) is 28.2 Å². The molecule has 7 nitrogen and oxygen atoms in total. The van der Waals surface area contributed by atoms with Crippen molar-refractivity contribution in [2.45, 2.75) is 4.90 Å². The second kappa shape index (κ2) is 8.98. The number of carbonyl (C=O) groups is 2. The van der Waals surface area contributed by atoms with E-state index in [1.54, 1.807) is 36.4 Å². The van der Waals surface area contributed by atoms with Crippen molar-refractivity contribution in [2.75, 3.05) is 17.1 Å². The normalized spacial score (nSPS) is 10.9. The van der Waals surface area contributed by atoms with Crippen LogP contribution < -0.4 is 10.0 Å². The Morgan fingerprint density at radius 1 is 0.900 bits per heavy atom. The smallest absolute Gasteiger partial charge is 0.337 e. The van der Waals surface area contributed by atoms with E-state index >= 15 is 0 Å². The van der Waals surface area contributed by atoms with Crippen molar-refractivity contribution in [3.05, 3.63) is 88.9 Å². The molecule has 0 aliphatic carbocycles. The standard InChI is InChI=1S/C21H17ClN2O5S/c1-29-21(26)14-6-5-7-15(12-14)23-20(25)18-13-16(10-11-19(18)22)24-30(27,28)17-8-3-2-4-9-17/h2-13,24H,1H3,(H,23,25). The molecule has 0 unspecified atom stereocenters. The lowest BCUT2D eigenvalue weighted by Gasteiger charge is -2.12. The Bertz CT molecular complexity index is 1200. The first-order valence-corrected chi connectivity index (χ1v) is 10.5. The average Bonchev–Trinajstić information content (AvgIpc) is 2.75. The van der Waals surface area contributed by atoms with Gasteiger partial charge < -0.3 is 10.1 Å². The molecular formula is C21H17ClN2O5S. The Labute approximate surface area is 178 Å². The number of methoxy groups -OCH3 is 1. The summed E-state index contributed by atoms with van der Waals surface area (Å²) in [6.45, 7) is 0. The molecule has 154 valence electrons. The van der Waals surface area contributed by atoms with Crippen molar-refractivity contribution in [3.8, 4) is 0 Å². The van der Waals surface area contributed by atoms with E-state index in [0.717, 1.165) is 0 Å². The Hall–Kier alpha value is -3.36. The summed E-state index contributed by atoms with van der Waals surface area (Å²) in [6, 6.07) is 18.2. The quantitative estimate of drug-likeness (QED) is 0.555. The minimum Gasteiger partial charge on any atom is -0.465 e. The minimum absolute atomic E-state index is 0.0633. The number of hydrogen-bond donors (Lipinski definition) is 2. The molecule has 30 heavy (non-hydrogen) atoms. The summed E-state index contributed by atoms with van der Waals surface area (Å²) < 4.78 is 32.1. The molecule has 0 aliphatic rings. The number of carbonyl (C=O) groups excluding carboxylic acids is 2.